The van der Waals surface area contributed by atoms with Gasteiger partial charge in [-0.15, -0.1) is 0 Å². The van der Waals surface area contributed by atoms with Crippen molar-refractivity contribution in [3.8, 4) is 5.75 Å². The first-order chi connectivity index (χ1) is 12.5. The highest BCUT2D eigenvalue weighted by atomic mass is 16.5. The smallest absolute Gasteiger partial charge is 0.126 e. The molecule has 0 heterocycles. The highest BCUT2D eigenvalue weighted by Gasteiger charge is 2.38. The maximum absolute atomic E-state index is 12.0. The summed E-state index contributed by atoms with van der Waals surface area (Å²) in [5.74, 6) is 0.470. The van der Waals surface area contributed by atoms with Crippen LogP contribution in [-0.4, -0.2) is 19.7 Å². The van der Waals surface area contributed by atoms with Crippen molar-refractivity contribution in [1.82, 2.24) is 0 Å². The van der Waals surface area contributed by atoms with Gasteiger partial charge < -0.3 is 14.3 Å². The van der Waals surface area contributed by atoms with Crippen LogP contribution in [0, 0.1) is 11.3 Å². The summed E-state index contributed by atoms with van der Waals surface area (Å²) in [6, 6.07) is 7.77. The molecule has 0 fully saturated rings. The van der Waals surface area contributed by atoms with Crippen molar-refractivity contribution in [2.75, 3.05) is 7.11 Å². The lowest BCUT2D eigenvalue weighted by Crippen LogP contribution is -2.32. The van der Waals surface area contributed by atoms with E-state index < -0.39 is 5.41 Å². The lowest BCUT2D eigenvalue weighted by atomic mass is 9.66. The van der Waals surface area contributed by atoms with Gasteiger partial charge in [-0.05, 0) is 24.1 Å². The molecule has 3 unspecified atom stereocenters. The lowest BCUT2D eigenvalue weighted by molar-refractivity contribution is -0.119. The zero-order valence-corrected chi connectivity index (χ0v) is 17.0. The number of hydrogen-bond donors (Lipinski definition) is 0. The van der Waals surface area contributed by atoms with Crippen LogP contribution in [0.3, 0.4) is 0 Å². The summed E-state index contributed by atoms with van der Waals surface area (Å²) >= 11 is 0. The summed E-state index contributed by atoms with van der Waals surface area (Å²) < 4.78 is 5.23. The van der Waals surface area contributed by atoms with Gasteiger partial charge in [-0.2, -0.15) is 0 Å². The molecule has 3 atom stereocenters. The van der Waals surface area contributed by atoms with Gasteiger partial charge in [0.25, 0.3) is 0 Å². The first-order valence-electron chi connectivity index (χ1n) is 10.1. The summed E-state index contributed by atoms with van der Waals surface area (Å²) in [7, 11) is 1.64. The molecule has 1 aromatic rings. The van der Waals surface area contributed by atoms with Gasteiger partial charge in [0.1, 0.15) is 18.3 Å². The number of carbonyl (C=O) groups excluding carboxylic acids is 2. The molecule has 0 saturated heterocycles. The third-order valence-corrected chi connectivity index (χ3v) is 5.51. The van der Waals surface area contributed by atoms with Crippen molar-refractivity contribution in [3.05, 3.63) is 29.8 Å². The number of unbranched alkanes of at least 4 members (excludes halogenated alkanes) is 6. The summed E-state index contributed by atoms with van der Waals surface area (Å²) in [6.45, 7) is 6.14. The second kappa shape index (κ2) is 11.9. The van der Waals surface area contributed by atoms with E-state index in [-0.39, 0.29) is 11.8 Å². The lowest BCUT2D eigenvalue weighted by Gasteiger charge is -2.36. The van der Waals surface area contributed by atoms with Crippen LogP contribution in [0.5, 0.6) is 5.75 Å². The molecule has 0 saturated carbocycles. The Labute approximate surface area is 159 Å². The van der Waals surface area contributed by atoms with Crippen molar-refractivity contribution in [3.63, 3.8) is 0 Å². The van der Waals surface area contributed by atoms with Crippen LogP contribution in [0.2, 0.25) is 0 Å². The predicted molar refractivity (Wildman–Crippen MR) is 108 cm³/mol. The van der Waals surface area contributed by atoms with Gasteiger partial charge in [-0.1, -0.05) is 77.8 Å². The average molecular weight is 361 g/mol. The first kappa shape index (κ1) is 22.4. The molecule has 0 N–H and O–H groups in total. The van der Waals surface area contributed by atoms with E-state index in [2.05, 4.69) is 6.92 Å². The number of ether oxygens (including phenoxy) is 1. The quantitative estimate of drug-likeness (QED) is 0.304. The first-order valence-corrected chi connectivity index (χ1v) is 10.1. The molecule has 1 aromatic carbocycles. The van der Waals surface area contributed by atoms with Crippen LogP contribution in [0.25, 0.3) is 0 Å². The van der Waals surface area contributed by atoms with Gasteiger partial charge in [0, 0.05) is 17.3 Å². The van der Waals surface area contributed by atoms with E-state index in [0.29, 0.717) is 0 Å². The SMILES string of the molecule is CCCCCCCCCC(C)(C=O)C(c1ccc(OC)cc1)C(C)C=O. The number of carbonyl (C=O) groups is 2. The van der Waals surface area contributed by atoms with Gasteiger partial charge >= 0.3 is 0 Å². The third-order valence-electron chi connectivity index (χ3n) is 5.51. The molecule has 26 heavy (non-hydrogen) atoms. The number of aldehydes is 2. The highest BCUT2D eigenvalue weighted by molar-refractivity contribution is 5.65. The van der Waals surface area contributed by atoms with E-state index in [1.54, 1.807) is 7.11 Å². The number of methoxy groups -OCH3 is 1. The number of benzene rings is 1. The van der Waals surface area contributed by atoms with Gasteiger partial charge in [0.05, 0.1) is 7.11 Å². The Morgan fingerprint density at radius 3 is 2.08 bits per heavy atom. The summed E-state index contributed by atoms with van der Waals surface area (Å²) in [5.41, 5.74) is 0.501. The van der Waals surface area contributed by atoms with Gasteiger partial charge in [0.15, 0.2) is 0 Å². The van der Waals surface area contributed by atoms with Crippen molar-refractivity contribution in [2.24, 2.45) is 11.3 Å². The molecule has 0 aromatic heterocycles. The minimum Gasteiger partial charge on any atom is -0.497 e. The van der Waals surface area contributed by atoms with Crippen molar-refractivity contribution in [1.29, 1.82) is 0 Å². The summed E-state index contributed by atoms with van der Waals surface area (Å²) in [6.07, 6.45) is 11.4. The van der Waals surface area contributed by atoms with Crippen molar-refractivity contribution in [2.45, 2.75) is 78.1 Å². The van der Waals surface area contributed by atoms with Crippen LogP contribution in [0.15, 0.2) is 24.3 Å². The highest BCUT2D eigenvalue weighted by Crippen LogP contribution is 2.43. The number of hydrogen-bond acceptors (Lipinski definition) is 3. The molecule has 3 nitrogen and oxygen atoms in total. The van der Waals surface area contributed by atoms with E-state index >= 15 is 0 Å². The van der Waals surface area contributed by atoms with Crippen LogP contribution in [-0.2, 0) is 9.59 Å². The second-order valence-corrected chi connectivity index (χ2v) is 7.74. The van der Waals surface area contributed by atoms with E-state index in [0.717, 1.165) is 43.1 Å². The van der Waals surface area contributed by atoms with Gasteiger partial charge in [-0.25, -0.2) is 0 Å². The van der Waals surface area contributed by atoms with Gasteiger partial charge in [0.2, 0.25) is 0 Å². The molecule has 0 amide bonds. The zero-order chi connectivity index (χ0) is 19.4. The minimum absolute atomic E-state index is 0.108. The molecule has 0 radical (unpaired) electrons. The Morgan fingerprint density at radius 1 is 1.00 bits per heavy atom. The molecular weight excluding hydrogens is 324 g/mol. The molecule has 0 aliphatic rings. The van der Waals surface area contributed by atoms with Crippen molar-refractivity contribution >= 4 is 12.6 Å². The Morgan fingerprint density at radius 2 is 1.58 bits per heavy atom. The van der Waals surface area contributed by atoms with Crippen LogP contribution in [0.1, 0.15) is 83.6 Å². The van der Waals surface area contributed by atoms with E-state index in [4.69, 9.17) is 4.74 Å². The predicted octanol–water partition coefficient (Wildman–Crippen LogP) is 5.96. The molecule has 0 spiro atoms. The van der Waals surface area contributed by atoms with E-state index in [9.17, 15) is 9.59 Å². The Kier molecular flexibility index (Phi) is 10.2. The van der Waals surface area contributed by atoms with Crippen LogP contribution < -0.4 is 4.74 Å². The largest absolute Gasteiger partial charge is 0.497 e. The fourth-order valence-corrected chi connectivity index (χ4v) is 3.93. The maximum atomic E-state index is 12.0. The molecular formula is C23H36O3. The molecule has 0 bridgehead atoms. The second-order valence-electron chi connectivity index (χ2n) is 7.74. The maximum Gasteiger partial charge on any atom is 0.126 e. The minimum atomic E-state index is -0.529. The fourth-order valence-electron chi connectivity index (χ4n) is 3.93. The van der Waals surface area contributed by atoms with Crippen LogP contribution in [0.4, 0.5) is 0 Å². The fraction of sp³-hybridized carbons (Fsp3) is 0.652. The monoisotopic (exact) mass is 360 g/mol. The molecule has 146 valence electrons. The topological polar surface area (TPSA) is 43.4 Å². The van der Waals surface area contributed by atoms with Crippen molar-refractivity contribution < 1.29 is 14.3 Å². The Hall–Kier alpha value is -1.64. The molecule has 0 aliphatic carbocycles. The molecule has 0 aliphatic heterocycles. The Bertz CT molecular complexity index is 523. The summed E-state index contributed by atoms with van der Waals surface area (Å²) in [5, 5.41) is 0. The average Bonchev–Trinajstić information content (AvgIpc) is 2.67. The van der Waals surface area contributed by atoms with Gasteiger partial charge in [-0.3, -0.25) is 0 Å². The van der Waals surface area contributed by atoms with E-state index in [1.165, 1.54) is 32.1 Å². The van der Waals surface area contributed by atoms with Crippen LogP contribution >= 0.6 is 0 Å². The van der Waals surface area contributed by atoms with E-state index in [1.807, 2.05) is 38.1 Å². The molecule has 1 rings (SSSR count). The summed E-state index contributed by atoms with van der Waals surface area (Å²) in [4.78, 5) is 23.6. The Balaban J connectivity index is 2.79. The molecule has 3 heteroatoms. The standard InChI is InChI=1S/C23H36O3/c1-5-6-7-8-9-10-11-16-23(3,18-25)22(19(2)17-24)20-12-14-21(26-4)15-13-20/h12-15,17-19,22H,5-11,16H2,1-4H3. The normalized spacial score (nSPS) is 15.7. The zero-order valence-electron chi connectivity index (χ0n) is 17.0. The third kappa shape index (κ3) is 6.59. The number of rotatable bonds is 14.